The molecule has 0 bridgehead atoms. The van der Waals surface area contributed by atoms with E-state index in [9.17, 15) is 24.8 Å². The molecular weight excluding hydrogens is 533 g/mol. The van der Waals surface area contributed by atoms with Crippen molar-refractivity contribution in [2.24, 2.45) is 0 Å². The van der Waals surface area contributed by atoms with E-state index in [0.717, 1.165) is 22.4 Å². The molecule has 9 nitrogen and oxygen atoms in total. The van der Waals surface area contributed by atoms with Crippen LogP contribution in [0.2, 0.25) is 0 Å². The van der Waals surface area contributed by atoms with Gasteiger partial charge < -0.3 is 24.9 Å². The Bertz CT molecular complexity index is 1570. The zero-order valence-electron chi connectivity index (χ0n) is 22.7. The third kappa shape index (κ3) is 6.77. The van der Waals surface area contributed by atoms with Gasteiger partial charge in [-0.05, 0) is 47.4 Å². The van der Waals surface area contributed by atoms with E-state index in [2.05, 4.69) is 10.2 Å². The van der Waals surface area contributed by atoms with Crippen LogP contribution in [0.5, 0.6) is 5.75 Å². The number of nitro benzene ring substituents is 1. The van der Waals surface area contributed by atoms with Crippen LogP contribution >= 0.6 is 0 Å². The molecule has 1 aliphatic heterocycles. The van der Waals surface area contributed by atoms with Crippen LogP contribution < -0.4 is 49.6 Å². The molecule has 0 spiro atoms. The van der Waals surface area contributed by atoms with E-state index in [1.807, 2.05) is 37.3 Å². The van der Waals surface area contributed by atoms with Gasteiger partial charge in [-0.3, -0.25) is 14.9 Å². The summed E-state index contributed by atoms with van der Waals surface area (Å²) < 4.78 is 5.87. The van der Waals surface area contributed by atoms with Gasteiger partial charge in [-0.15, -0.1) is 0 Å². The molecule has 1 amide bonds. The van der Waals surface area contributed by atoms with Crippen molar-refractivity contribution in [3.63, 3.8) is 0 Å². The first-order valence-corrected chi connectivity index (χ1v) is 12.8. The number of fused-ring (bicyclic) bond motifs is 1. The number of amides is 1. The molecule has 4 aromatic carbocycles. The van der Waals surface area contributed by atoms with Gasteiger partial charge in [-0.25, -0.2) is 0 Å². The van der Waals surface area contributed by atoms with Gasteiger partial charge in [0, 0.05) is 29.8 Å². The number of carboxylic acids is 1. The summed E-state index contributed by atoms with van der Waals surface area (Å²) in [6, 6.07) is 25.6. The Morgan fingerprint density at radius 3 is 2.39 bits per heavy atom. The zero-order valence-corrected chi connectivity index (χ0v) is 24.7. The van der Waals surface area contributed by atoms with E-state index in [4.69, 9.17) is 4.74 Å². The molecule has 0 aromatic heterocycles. The van der Waals surface area contributed by atoms with Crippen LogP contribution in [0, 0.1) is 10.1 Å². The molecule has 0 saturated heterocycles. The summed E-state index contributed by atoms with van der Waals surface area (Å²) in [6.45, 7) is 3.57. The first-order chi connectivity index (χ1) is 19.3. The van der Waals surface area contributed by atoms with Crippen LogP contribution in [0.3, 0.4) is 0 Å². The first-order valence-electron chi connectivity index (χ1n) is 12.8. The average Bonchev–Trinajstić information content (AvgIpc) is 2.97. The van der Waals surface area contributed by atoms with Crippen molar-refractivity contribution in [3.05, 3.63) is 123 Å². The molecule has 1 aliphatic rings. The summed E-state index contributed by atoms with van der Waals surface area (Å²) in [5.41, 5.74) is 4.68. The second-order valence-corrected chi connectivity index (χ2v) is 9.53. The Labute approximate surface area is 259 Å². The molecule has 0 radical (unpaired) electrons. The van der Waals surface area contributed by atoms with Crippen LogP contribution in [-0.4, -0.2) is 30.0 Å². The number of rotatable bonds is 8. The van der Waals surface area contributed by atoms with E-state index in [1.54, 1.807) is 42.5 Å². The number of carbonyl (C=O) groups excluding carboxylic acids is 2. The van der Waals surface area contributed by atoms with Crippen LogP contribution in [-0.2, 0) is 6.54 Å². The summed E-state index contributed by atoms with van der Waals surface area (Å²) in [7, 11) is 0. The molecule has 202 valence electrons. The number of ether oxygens (including phenoxy) is 1. The number of nitrogens with zero attached hydrogens (tertiary/aromatic N) is 2. The fourth-order valence-electron chi connectivity index (χ4n) is 4.75. The number of hydrogen-bond acceptors (Lipinski definition) is 7. The number of nitro groups is 1. The zero-order chi connectivity index (χ0) is 28.2. The van der Waals surface area contributed by atoms with Gasteiger partial charge in [-0.2, -0.15) is 0 Å². The first kappa shape index (κ1) is 29.8. The molecular formula is C31H26N3NaO6. The Kier molecular flexibility index (Phi) is 9.44. The number of aromatic carboxylic acids is 1. The number of nitrogens with one attached hydrogen (secondary N) is 1. The number of benzene rings is 4. The van der Waals surface area contributed by atoms with Crippen molar-refractivity contribution in [1.82, 2.24) is 5.32 Å². The molecule has 0 unspecified atom stereocenters. The molecule has 5 rings (SSSR count). The standard InChI is InChI=1S/C31H27N3O6.Na/c1-20(22-10-13-25(14-11-22)34(38)39)32-30(35)24-12-15-28-29(18-24)40-17-16-33(28)19-21-6-8-23(9-7-21)26-4-2-3-5-27(26)31(36)37;/h2-15,18,20H,16-17,19H2,1H3,(H,32,35)(H,36,37);/q;+1/p-1/t20-;/m0./s1. The summed E-state index contributed by atoms with van der Waals surface area (Å²) in [6.07, 6.45) is 0. The molecule has 41 heavy (non-hydrogen) atoms. The second-order valence-electron chi connectivity index (χ2n) is 9.53. The molecule has 1 atom stereocenters. The summed E-state index contributed by atoms with van der Waals surface area (Å²) in [4.78, 5) is 37.0. The number of anilines is 1. The predicted molar refractivity (Wildman–Crippen MR) is 148 cm³/mol. The smallest absolute Gasteiger partial charge is 0.545 e. The van der Waals surface area contributed by atoms with Gasteiger partial charge in [0.05, 0.1) is 29.2 Å². The molecule has 10 heteroatoms. The van der Waals surface area contributed by atoms with Crippen molar-refractivity contribution in [3.8, 4) is 16.9 Å². The van der Waals surface area contributed by atoms with E-state index < -0.39 is 10.9 Å². The maximum absolute atomic E-state index is 12.9. The Morgan fingerprint density at radius 2 is 1.71 bits per heavy atom. The normalized spacial score (nSPS) is 12.8. The number of carboxylic acid groups (broad SMARTS) is 1. The van der Waals surface area contributed by atoms with E-state index in [1.165, 1.54) is 18.2 Å². The quantitative estimate of drug-likeness (QED) is 0.197. The minimum atomic E-state index is -1.21. The monoisotopic (exact) mass is 559 g/mol. The van der Waals surface area contributed by atoms with E-state index >= 15 is 0 Å². The molecule has 0 saturated carbocycles. The largest absolute Gasteiger partial charge is 1.00 e. The fourth-order valence-corrected chi connectivity index (χ4v) is 4.75. The van der Waals surface area contributed by atoms with Crippen molar-refractivity contribution in [2.45, 2.75) is 19.5 Å². The van der Waals surface area contributed by atoms with Gasteiger partial charge in [-0.1, -0.05) is 60.7 Å². The van der Waals surface area contributed by atoms with E-state index in [0.29, 0.717) is 36.6 Å². The minimum Gasteiger partial charge on any atom is -0.545 e. The van der Waals surface area contributed by atoms with Crippen molar-refractivity contribution in [2.75, 3.05) is 18.1 Å². The number of carbonyl (C=O) groups is 2. The van der Waals surface area contributed by atoms with Gasteiger partial charge in [0.1, 0.15) is 12.4 Å². The second kappa shape index (κ2) is 13.0. The number of non-ortho nitro benzene ring substituents is 1. The molecule has 0 aliphatic carbocycles. The van der Waals surface area contributed by atoms with Crippen molar-refractivity contribution >= 4 is 23.3 Å². The average molecular weight is 560 g/mol. The van der Waals surface area contributed by atoms with E-state index in [-0.39, 0.29) is 52.8 Å². The minimum absolute atomic E-state index is 0. The van der Waals surface area contributed by atoms with Crippen LogP contribution in [0.25, 0.3) is 11.1 Å². The van der Waals surface area contributed by atoms with Crippen LogP contribution in [0.1, 0.15) is 44.8 Å². The maximum atomic E-state index is 12.9. The topological polar surface area (TPSA) is 125 Å². The predicted octanol–water partition coefficient (Wildman–Crippen LogP) is 1.52. The summed E-state index contributed by atoms with van der Waals surface area (Å²) in [5, 5.41) is 25.3. The summed E-state index contributed by atoms with van der Waals surface area (Å²) >= 11 is 0. The fraction of sp³-hybridized carbons (Fsp3) is 0.161. The van der Waals surface area contributed by atoms with Gasteiger partial charge in [0.25, 0.3) is 11.6 Å². The Morgan fingerprint density at radius 1 is 1.00 bits per heavy atom. The van der Waals surface area contributed by atoms with Crippen LogP contribution in [0.4, 0.5) is 11.4 Å². The maximum Gasteiger partial charge on any atom is 1.00 e. The molecule has 1 heterocycles. The van der Waals surface area contributed by atoms with Crippen molar-refractivity contribution in [1.29, 1.82) is 0 Å². The van der Waals surface area contributed by atoms with Gasteiger partial charge >= 0.3 is 29.6 Å². The third-order valence-corrected chi connectivity index (χ3v) is 6.92. The van der Waals surface area contributed by atoms with Crippen molar-refractivity contribution < 1.29 is 53.9 Å². The SMILES string of the molecule is C[C@H](NC(=O)c1ccc2c(c1)OCCN2Cc1ccc(-c2ccccc2C(=O)[O-])cc1)c1ccc([N+](=O)[O-])cc1.[Na+]. The Hall–Kier alpha value is -4.18. The molecule has 0 fully saturated rings. The molecule has 1 N–H and O–H groups in total. The molecule has 4 aromatic rings. The van der Waals surface area contributed by atoms with Gasteiger partial charge in [0.2, 0.25) is 0 Å². The van der Waals surface area contributed by atoms with Gasteiger partial charge in [0.15, 0.2) is 0 Å². The third-order valence-electron chi connectivity index (χ3n) is 6.92. The summed E-state index contributed by atoms with van der Waals surface area (Å²) in [5.74, 6) is -0.873. The van der Waals surface area contributed by atoms with Crippen LogP contribution in [0.15, 0.2) is 91.0 Å². The number of hydrogen-bond donors (Lipinski definition) is 1. The Balaban J connectivity index is 0.00000387.